The minimum absolute atomic E-state index is 0.116. The summed E-state index contributed by atoms with van der Waals surface area (Å²) in [5.41, 5.74) is 3.57. The van der Waals surface area contributed by atoms with Crippen molar-refractivity contribution in [2.24, 2.45) is 0 Å². The van der Waals surface area contributed by atoms with Crippen molar-refractivity contribution in [3.8, 4) is 11.4 Å². The van der Waals surface area contributed by atoms with E-state index >= 15 is 0 Å². The van der Waals surface area contributed by atoms with Crippen LogP contribution in [-0.4, -0.2) is 62.9 Å². The molecule has 6 nitrogen and oxygen atoms in total. The summed E-state index contributed by atoms with van der Waals surface area (Å²) in [6.07, 6.45) is 5.12. The zero-order valence-electron chi connectivity index (χ0n) is 17.2. The molecule has 1 amide bonds. The molecule has 1 saturated heterocycles. The predicted octanol–water partition coefficient (Wildman–Crippen LogP) is 3.47. The minimum Gasteiger partial charge on any atom is -0.337 e. The lowest BCUT2D eigenvalue weighted by atomic mass is 10.2. The molecule has 0 bridgehead atoms. The predicted molar refractivity (Wildman–Crippen MR) is 112 cm³/mol. The van der Waals surface area contributed by atoms with Crippen LogP contribution in [0.1, 0.15) is 42.5 Å². The molecule has 3 aromatic rings. The fraction of sp³-hybridized carbons (Fsp3) is 0.455. The highest BCUT2D eigenvalue weighted by molar-refractivity contribution is 6.02. The Morgan fingerprint density at radius 1 is 1.14 bits per heavy atom. The molecule has 0 spiro atoms. The number of amides is 1. The third-order valence-corrected chi connectivity index (χ3v) is 5.65. The van der Waals surface area contributed by atoms with E-state index < -0.39 is 0 Å². The second kappa shape index (κ2) is 7.43. The van der Waals surface area contributed by atoms with Crippen molar-refractivity contribution in [2.45, 2.75) is 33.2 Å². The van der Waals surface area contributed by atoms with Crippen LogP contribution < -0.4 is 0 Å². The molecule has 0 radical (unpaired) electrons. The number of carbonyl (C=O) groups is 1. The number of likely N-dealkylation sites (N-methyl/N-ethyl adjacent to an activating group) is 1. The lowest BCUT2D eigenvalue weighted by molar-refractivity contribution is 0.0765. The van der Waals surface area contributed by atoms with Crippen LogP contribution >= 0.6 is 0 Å². The van der Waals surface area contributed by atoms with Gasteiger partial charge < -0.3 is 18.8 Å². The van der Waals surface area contributed by atoms with Crippen LogP contribution in [0.5, 0.6) is 0 Å². The average molecular weight is 380 g/mol. The van der Waals surface area contributed by atoms with E-state index in [0.717, 1.165) is 60.9 Å². The highest BCUT2D eigenvalue weighted by Crippen LogP contribution is 2.28. The largest absolute Gasteiger partial charge is 0.337 e. The fourth-order valence-electron chi connectivity index (χ4n) is 4.07. The van der Waals surface area contributed by atoms with Gasteiger partial charge in [0, 0.05) is 38.1 Å². The van der Waals surface area contributed by atoms with Crippen LogP contribution in [0.3, 0.4) is 0 Å². The SMILES string of the molecule is Cc1nc(-c2cc(C(=O)N3CCCN(C)CC3)c3ccccn23)cn1C(C)C. The molecular weight excluding hydrogens is 350 g/mol. The van der Waals surface area contributed by atoms with Gasteiger partial charge >= 0.3 is 0 Å². The second-order valence-electron chi connectivity index (χ2n) is 8.02. The van der Waals surface area contributed by atoms with Crippen molar-refractivity contribution in [1.82, 2.24) is 23.8 Å². The summed E-state index contributed by atoms with van der Waals surface area (Å²) in [6, 6.07) is 8.37. The van der Waals surface area contributed by atoms with E-state index in [4.69, 9.17) is 4.98 Å². The van der Waals surface area contributed by atoms with Crippen molar-refractivity contribution in [1.29, 1.82) is 0 Å². The molecule has 0 unspecified atom stereocenters. The summed E-state index contributed by atoms with van der Waals surface area (Å²) in [7, 11) is 2.12. The number of pyridine rings is 1. The van der Waals surface area contributed by atoms with Gasteiger partial charge in [0.1, 0.15) is 11.5 Å². The second-order valence-corrected chi connectivity index (χ2v) is 8.02. The highest BCUT2D eigenvalue weighted by Gasteiger charge is 2.24. The minimum atomic E-state index is 0.116. The van der Waals surface area contributed by atoms with E-state index in [0.29, 0.717) is 6.04 Å². The van der Waals surface area contributed by atoms with Gasteiger partial charge in [-0.2, -0.15) is 0 Å². The lowest BCUT2D eigenvalue weighted by Crippen LogP contribution is -2.34. The van der Waals surface area contributed by atoms with Gasteiger partial charge in [0.2, 0.25) is 0 Å². The van der Waals surface area contributed by atoms with Crippen molar-refractivity contribution in [3.05, 3.63) is 48.0 Å². The molecule has 0 aliphatic carbocycles. The van der Waals surface area contributed by atoms with Crippen LogP contribution in [0, 0.1) is 6.92 Å². The number of imidazole rings is 1. The molecule has 0 saturated carbocycles. The first-order valence-electron chi connectivity index (χ1n) is 10.1. The Balaban J connectivity index is 1.76. The molecule has 1 fully saturated rings. The van der Waals surface area contributed by atoms with Gasteiger partial charge in [-0.1, -0.05) is 6.07 Å². The number of aromatic nitrogens is 3. The number of fused-ring (bicyclic) bond motifs is 1. The van der Waals surface area contributed by atoms with E-state index in [2.05, 4.69) is 41.0 Å². The molecule has 6 heteroatoms. The topological polar surface area (TPSA) is 45.8 Å². The Kier molecular flexibility index (Phi) is 4.98. The van der Waals surface area contributed by atoms with Gasteiger partial charge in [-0.15, -0.1) is 0 Å². The number of nitrogens with zero attached hydrogens (tertiary/aromatic N) is 5. The first-order chi connectivity index (χ1) is 13.5. The van der Waals surface area contributed by atoms with Gasteiger partial charge in [-0.05, 0) is 59.0 Å². The van der Waals surface area contributed by atoms with E-state index in [-0.39, 0.29) is 5.91 Å². The van der Waals surface area contributed by atoms with Gasteiger partial charge in [0.25, 0.3) is 5.91 Å². The molecule has 1 aliphatic heterocycles. The third kappa shape index (κ3) is 3.33. The first kappa shape index (κ1) is 18.7. The molecular formula is C22H29N5O. The molecule has 0 N–H and O–H groups in total. The number of aryl methyl sites for hydroxylation is 1. The Bertz CT molecular complexity index is 1000. The zero-order valence-corrected chi connectivity index (χ0v) is 17.2. The summed E-state index contributed by atoms with van der Waals surface area (Å²) in [4.78, 5) is 22.4. The monoisotopic (exact) mass is 379 g/mol. The zero-order chi connectivity index (χ0) is 19.8. The summed E-state index contributed by atoms with van der Waals surface area (Å²) in [5, 5.41) is 0. The summed E-state index contributed by atoms with van der Waals surface area (Å²) in [5.74, 6) is 1.10. The van der Waals surface area contributed by atoms with Crippen LogP contribution in [-0.2, 0) is 0 Å². The Morgan fingerprint density at radius 3 is 2.71 bits per heavy atom. The number of hydrogen-bond acceptors (Lipinski definition) is 3. The number of carbonyl (C=O) groups excluding carboxylic acids is 1. The van der Waals surface area contributed by atoms with E-state index in [1.54, 1.807) is 0 Å². The Labute approximate surface area is 166 Å². The highest BCUT2D eigenvalue weighted by atomic mass is 16.2. The van der Waals surface area contributed by atoms with Gasteiger partial charge in [-0.25, -0.2) is 4.98 Å². The Hall–Kier alpha value is -2.60. The summed E-state index contributed by atoms with van der Waals surface area (Å²) >= 11 is 0. The first-order valence-corrected chi connectivity index (χ1v) is 10.1. The molecule has 0 aromatic carbocycles. The lowest BCUT2D eigenvalue weighted by Gasteiger charge is -2.20. The third-order valence-electron chi connectivity index (χ3n) is 5.65. The van der Waals surface area contributed by atoms with Crippen molar-refractivity contribution in [3.63, 3.8) is 0 Å². The van der Waals surface area contributed by atoms with E-state index in [9.17, 15) is 4.79 Å². The van der Waals surface area contributed by atoms with E-state index in [1.807, 2.05) is 42.3 Å². The smallest absolute Gasteiger partial charge is 0.256 e. The number of rotatable bonds is 3. The summed E-state index contributed by atoms with van der Waals surface area (Å²) in [6.45, 7) is 9.87. The maximum atomic E-state index is 13.4. The maximum absolute atomic E-state index is 13.4. The molecule has 4 rings (SSSR count). The molecule has 3 aromatic heterocycles. The van der Waals surface area contributed by atoms with Crippen LogP contribution in [0.15, 0.2) is 36.7 Å². The molecule has 148 valence electrons. The molecule has 1 aliphatic rings. The summed E-state index contributed by atoms with van der Waals surface area (Å²) < 4.78 is 4.26. The fourth-order valence-corrected chi connectivity index (χ4v) is 4.07. The molecule has 4 heterocycles. The quantitative estimate of drug-likeness (QED) is 0.700. The average Bonchev–Trinajstić information content (AvgIpc) is 3.17. The van der Waals surface area contributed by atoms with Crippen LogP contribution in [0.4, 0.5) is 0 Å². The molecule has 0 atom stereocenters. The van der Waals surface area contributed by atoms with Crippen molar-refractivity contribution in [2.75, 3.05) is 33.2 Å². The van der Waals surface area contributed by atoms with E-state index in [1.165, 1.54) is 0 Å². The Morgan fingerprint density at radius 2 is 1.96 bits per heavy atom. The van der Waals surface area contributed by atoms with Gasteiger partial charge in [-0.3, -0.25) is 4.79 Å². The van der Waals surface area contributed by atoms with Crippen LogP contribution in [0.25, 0.3) is 16.9 Å². The van der Waals surface area contributed by atoms with Crippen molar-refractivity contribution < 1.29 is 4.79 Å². The van der Waals surface area contributed by atoms with Crippen LogP contribution in [0.2, 0.25) is 0 Å². The van der Waals surface area contributed by atoms with Crippen molar-refractivity contribution >= 4 is 11.4 Å². The maximum Gasteiger partial charge on any atom is 0.256 e. The van der Waals surface area contributed by atoms with Gasteiger partial charge in [0.15, 0.2) is 0 Å². The standard InChI is InChI=1S/C22H29N5O/c1-16(2)27-15-19(23-17(27)3)21-14-18(20-8-5-6-11-26(20)21)22(28)25-10-7-9-24(4)12-13-25/h5-6,8,11,14-16H,7,9-10,12-13H2,1-4H3. The van der Waals surface area contributed by atoms with Gasteiger partial charge in [0.05, 0.1) is 16.8 Å². The molecule has 28 heavy (non-hydrogen) atoms. The number of hydrogen-bond donors (Lipinski definition) is 0. The normalized spacial score (nSPS) is 16.1.